The second-order valence-electron chi connectivity index (χ2n) is 4.23. The third-order valence-corrected chi connectivity index (χ3v) is 2.68. The monoisotopic (exact) mass is 228 g/mol. The molecule has 0 unspecified atom stereocenters. The van der Waals surface area contributed by atoms with Gasteiger partial charge < -0.3 is 0 Å². The van der Waals surface area contributed by atoms with E-state index in [2.05, 4.69) is 6.07 Å². The van der Waals surface area contributed by atoms with Crippen LogP contribution in [0, 0.1) is 19.7 Å². The van der Waals surface area contributed by atoms with E-state index >= 15 is 0 Å². The summed E-state index contributed by atoms with van der Waals surface area (Å²) in [4.78, 5) is 10.7. The molecule has 86 valence electrons. The van der Waals surface area contributed by atoms with E-state index in [9.17, 15) is 9.18 Å². The Morgan fingerprint density at radius 1 is 0.941 bits per heavy atom. The maximum absolute atomic E-state index is 13.2. The van der Waals surface area contributed by atoms with Crippen LogP contribution in [0.5, 0.6) is 0 Å². The van der Waals surface area contributed by atoms with Crippen molar-refractivity contribution in [2.75, 3.05) is 0 Å². The van der Waals surface area contributed by atoms with Gasteiger partial charge in [0.1, 0.15) is 5.82 Å². The van der Waals surface area contributed by atoms with Crippen molar-refractivity contribution in [1.82, 2.24) is 0 Å². The number of carbonyl (C=O) groups excluding carboxylic acids is 1. The van der Waals surface area contributed by atoms with Crippen LogP contribution < -0.4 is 0 Å². The van der Waals surface area contributed by atoms with Crippen LogP contribution in [0.3, 0.4) is 0 Å². The predicted octanol–water partition coefficient (Wildman–Crippen LogP) is 3.92. The Balaban J connectivity index is 2.56. The zero-order chi connectivity index (χ0) is 12.4. The van der Waals surface area contributed by atoms with E-state index in [-0.39, 0.29) is 5.56 Å². The average Bonchev–Trinajstić information content (AvgIpc) is 2.28. The maximum Gasteiger partial charge on any atom is 0.153 e. The molecule has 0 aromatic heterocycles. The Morgan fingerprint density at radius 2 is 1.59 bits per heavy atom. The number of aldehydes is 1. The molecule has 0 atom stereocenters. The van der Waals surface area contributed by atoms with Crippen LogP contribution in [-0.2, 0) is 0 Å². The van der Waals surface area contributed by atoms with Crippen molar-refractivity contribution < 1.29 is 9.18 Å². The number of carbonyl (C=O) groups is 1. The van der Waals surface area contributed by atoms with Crippen molar-refractivity contribution >= 4 is 6.29 Å². The van der Waals surface area contributed by atoms with Gasteiger partial charge >= 0.3 is 0 Å². The molecule has 0 heterocycles. The standard InChI is InChI=1S/C15H13FO/c1-10-5-11(2)7-13(6-10)12-3-4-15(16)14(8-12)9-17/h3-9H,1-2H3. The van der Waals surface area contributed by atoms with Gasteiger partial charge in [0.25, 0.3) is 0 Å². The summed E-state index contributed by atoms with van der Waals surface area (Å²) in [6, 6.07) is 10.7. The minimum Gasteiger partial charge on any atom is -0.298 e. The fourth-order valence-corrected chi connectivity index (χ4v) is 1.95. The van der Waals surface area contributed by atoms with Gasteiger partial charge in [-0.05, 0) is 37.1 Å². The van der Waals surface area contributed by atoms with Crippen LogP contribution in [0.2, 0.25) is 0 Å². The third kappa shape index (κ3) is 2.41. The smallest absolute Gasteiger partial charge is 0.153 e. The Labute approximate surface area is 99.9 Å². The first-order valence-corrected chi connectivity index (χ1v) is 5.43. The Hall–Kier alpha value is -1.96. The van der Waals surface area contributed by atoms with Crippen molar-refractivity contribution in [3.8, 4) is 11.1 Å². The van der Waals surface area contributed by atoms with Gasteiger partial charge in [-0.25, -0.2) is 4.39 Å². The molecule has 2 heteroatoms. The second-order valence-corrected chi connectivity index (χ2v) is 4.23. The SMILES string of the molecule is Cc1cc(C)cc(-c2ccc(F)c(C=O)c2)c1. The van der Waals surface area contributed by atoms with E-state index in [0.717, 1.165) is 22.3 Å². The fraction of sp³-hybridized carbons (Fsp3) is 0.133. The lowest BCUT2D eigenvalue weighted by Gasteiger charge is -2.06. The lowest BCUT2D eigenvalue weighted by atomic mass is 9.99. The minimum absolute atomic E-state index is 0.0988. The summed E-state index contributed by atoms with van der Waals surface area (Å²) in [7, 11) is 0. The van der Waals surface area contributed by atoms with Gasteiger partial charge in [-0.2, -0.15) is 0 Å². The number of benzene rings is 2. The normalized spacial score (nSPS) is 10.3. The summed E-state index contributed by atoms with van der Waals surface area (Å²) in [5, 5.41) is 0. The molecule has 2 rings (SSSR count). The van der Waals surface area contributed by atoms with Crippen molar-refractivity contribution in [3.05, 3.63) is 58.9 Å². The summed E-state index contributed by atoms with van der Waals surface area (Å²) in [5.74, 6) is -0.479. The van der Waals surface area contributed by atoms with Gasteiger partial charge in [0.05, 0.1) is 5.56 Å². The van der Waals surface area contributed by atoms with E-state index in [1.165, 1.54) is 6.07 Å². The number of halogens is 1. The molecule has 0 radical (unpaired) electrons. The molecule has 0 N–H and O–H groups in total. The summed E-state index contributed by atoms with van der Waals surface area (Å²) in [6.07, 6.45) is 0.543. The van der Waals surface area contributed by atoms with Gasteiger partial charge in [-0.3, -0.25) is 4.79 Å². The number of aryl methyl sites for hydroxylation is 2. The highest BCUT2D eigenvalue weighted by Crippen LogP contribution is 2.23. The Morgan fingerprint density at radius 3 is 2.18 bits per heavy atom. The van der Waals surface area contributed by atoms with Crippen LogP contribution in [0.1, 0.15) is 21.5 Å². The molecule has 17 heavy (non-hydrogen) atoms. The molecule has 2 aromatic rings. The van der Waals surface area contributed by atoms with Gasteiger partial charge in [0.2, 0.25) is 0 Å². The zero-order valence-corrected chi connectivity index (χ0v) is 9.83. The van der Waals surface area contributed by atoms with E-state index in [1.54, 1.807) is 12.1 Å². The van der Waals surface area contributed by atoms with E-state index < -0.39 is 5.82 Å². The number of rotatable bonds is 2. The molecule has 0 amide bonds. The molecule has 0 aliphatic carbocycles. The first-order valence-electron chi connectivity index (χ1n) is 5.43. The predicted molar refractivity (Wildman–Crippen MR) is 66.7 cm³/mol. The summed E-state index contributed by atoms with van der Waals surface area (Å²) >= 11 is 0. The van der Waals surface area contributed by atoms with Crippen LogP contribution in [0.25, 0.3) is 11.1 Å². The molecule has 0 aliphatic rings. The van der Waals surface area contributed by atoms with E-state index in [1.807, 2.05) is 26.0 Å². The van der Waals surface area contributed by atoms with E-state index in [0.29, 0.717) is 6.29 Å². The van der Waals surface area contributed by atoms with E-state index in [4.69, 9.17) is 0 Å². The largest absolute Gasteiger partial charge is 0.298 e. The molecule has 0 spiro atoms. The lowest BCUT2D eigenvalue weighted by Crippen LogP contribution is -1.89. The van der Waals surface area contributed by atoms with Crippen LogP contribution in [-0.4, -0.2) is 6.29 Å². The van der Waals surface area contributed by atoms with Gasteiger partial charge in [-0.1, -0.05) is 35.4 Å². The quantitative estimate of drug-likeness (QED) is 0.712. The summed E-state index contributed by atoms with van der Waals surface area (Å²) in [6.45, 7) is 4.03. The Bertz CT molecular complexity index is 553. The second kappa shape index (κ2) is 4.50. The molecule has 0 bridgehead atoms. The first-order chi connectivity index (χ1) is 8.10. The number of hydrogen-bond acceptors (Lipinski definition) is 1. The molecule has 0 aliphatic heterocycles. The van der Waals surface area contributed by atoms with Gasteiger partial charge in [0.15, 0.2) is 6.29 Å². The van der Waals surface area contributed by atoms with Crippen molar-refractivity contribution in [3.63, 3.8) is 0 Å². The minimum atomic E-state index is -0.479. The molecule has 0 saturated heterocycles. The average molecular weight is 228 g/mol. The number of hydrogen-bond donors (Lipinski definition) is 0. The molecule has 1 nitrogen and oxygen atoms in total. The van der Waals surface area contributed by atoms with Gasteiger partial charge in [0, 0.05) is 0 Å². The molecule has 0 fully saturated rings. The van der Waals surface area contributed by atoms with Crippen molar-refractivity contribution in [2.24, 2.45) is 0 Å². The topological polar surface area (TPSA) is 17.1 Å². The molecule has 0 saturated carbocycles. The van der Waals surface area contributed by atoms with Crippen molar-refractivity contribution in [1.29, 1.82) is 0 Å². The van der Waals surface area contributed by atoms with Crippen molar-refractivity contribution in [2.45, 2.75) is 13.8 Å². The summed E-state index contributed by atoms with van der Waals surface area (Å²) < 4.78 is 13.2. The highest BCUT2D eigenvalue weighted by atomic mass is 19.1. The third-order valence-electron chi connectivity index (χ3n) is 2.68. The maximum atomic E-state index is 13.2. The molecule has 2 aromatic carbocycles. The lowest BCUT2D eigenvalue weighted by molar-refractivity contribution is 0.112. The molecular formula is C15H13FO. The van der Waals surface area contributed by atoms with Gasteiger partial charge in [-0.15, -0.1) is 0 Å². The summed E-state index contributed by atoms with van der Waals surface area (Å²) in [5.41, 5.74) is 4.27. The fourth-order valence-electron chi connectivity index (χ4n) is 1.95. The zero-order valence-electron chi connectivity index (χ0n) is 9.83. The highest BCUT2D eigenvalue weighted by Gasteiger charge is 2.05. The van der Waals surface area contributed by atoms with Crippen LogP contribution >= 0.6 is 0 Å². The van der Waals surface area contributed by atoms with Crippen LogP contribution in [0.4, 0.5) is 4.39 Å². The Kier molecular flexibility index (Phi) is 3.05. The van der Waals surface area contributed by atoms with Crippen LogP contribution in [0.15, 0.2) is 36.4 Å². The molecular weight excluding hydrogens is 215 g/mol. The highest BCUT2D eigenvalue weighted by molar-refractivity contribution is 5.79. The first kappa shape index (κ1) is 11.5.